The van der Waals surface area contributed by atoms with E-state index in [1.165, 1.54) is 0 Å². The average Bonchev–Trinajstić information content (AvgIpc) is 3.36. The fourth-order valence-electron chi connectivity index (χ4n) is 3.70. The minimum Gasteiger partial charge on any atom is -0.490 e. The second kappa shape index (κ2) is 12.3. The topological polar surface area (TPSA) is 97.3 Å². The maximum atomic E-state index is 10.6. The van der Waals surface area contributed by atoms with Crippen LogP contribution in [0.25, 0.3) is 33.7 Å². The zero-order valence-corrected chi connectivity index (χ0v) is 21.6. The number of aromatic nitrogens is 3. The second-order valence-corrected chi connectivity index (χ2v) is 8.95. The normalized spacial score (nSPS) is 11.2. The number of imidazole rings is 1. The lowest BCUT2D eigenvalue weighted by Gasteiger charge is -2.15. The lowest BCUT2D eigenvalue weighted by Crippen LogP contribution is -2.21. The number of carboxylic acid groups (broad SMARTS) is 1. The minimum absolute atomic E-state index is 0.0142. The van der Waals surface area contributed by atoms with Gasteiger partial charge in [0.2, 0.25) is 0 Å². The third-order valence-corrected chi connectivity index (χ3v) is 5.51. The number of pyridine rings is 1. The maximum Gasteiger partial charge on any atom is 0.490 e. The Morgan fingerprint density at radius 2 is 1.60 bits per heavy atom. The van der Waals surface area contributed by atoms with Gasteiger partial charge in [0.05, 0.1) is 17.2 Å². The summed E-state index contributed by atoms with van der Waals surface area (Å²) < 4.78 is 43.9. The van der Waals surface area contributed by atoms with Gasteiger partial charge in [0.25, 0.3) is 0 Å². The fraction of sp³-hybridized carbons (Fsp3) is 0.167. The molecule has 7 nitrogen and oxygen atoms in total. The van der Waals surface area contributed by atoms with Gasteiger partial charge in [-0.1, -0.05) is 60.7 Å². The van der Waals surface area contributed by atoms with E-state index < -0.39 is 12.1 Å². The van der Waals surface area contributed by atoms with Crippen LogP contribution in [0.1, 0.15) is 19.4 Å². The Kier molecular flexibility index (Phi) is 8.68. The fourth-order valence-corrected chi connectivity index (χ4v) is 3.70. The zero-order valence-electron chi connectivity index (χ0n) is 21.6. The van der Waals surface area contributed by atoms with E-state index in [1.807, 2.05) is 86.8 Å². The molecule has 0 fully saturated rings. The number of benzene rings is 3. The summed E-state index contributed by atoms with van der Waals surface area (Å²) >= 11 is 0. The van der Waals surface area contributed by atoms with E-state index in [9.17, 15) is 13.2 Å². The van der Waals surface area contributed by atoms with Crippen LogP contribution in [-0.2, 0) is 11.4 Å². The molecule has 206 valence electrons. The summed E-state index contributed by atoms with van der Waals surface area (Å²) in [6.07, 6.45) is -3.21. The van der Waals surface area contributed by atoms with Crippen molar-refractivity contribution in [1.29, 1.82) is 0 Å². The van der Waals surface area contributed by atoms with E-state index in [0.29, 0.717) is 18.1 Å². The standard InChI is InChI=1S/C28H25N3O2.C2HF3O2/c1-19(2)33-26-16-23(32-18-20-9-5-3-6-10-20)13-14-24(26)27-30-25-15-22(17-29-28(25)31-27)21-11-7-4-8-12-21;3-2(4,5)1(6)7/h3-17,19H,18H2,1-2H3,(H,29,30,31);(H,6,7). The minimum atomic E-state index is -5.08. The van der Waals surface area contributed by atoms with Crippen molar-refractivity contribution in [3.8, 4) is 34.0 Å². The zero-order chi connectivity index (χ0) is 28.7. The van der Waals surface area contributed by atoms with Crippen molar-refractivity contribution in [3.63, 3.8) is 0 Å². The predicted molar refractivity (Wildman–Crippen MR) is 145 cm³/mol. The second-order valence-electron chi connectivity index (χ2n) is 8.95. The molecule has 0 saturated heterocycles. The number of aromatic amines is 1. The van der Waals surface area contributed by atoms with Gasteiger partial charge in [-0.05, 0) is 43.2 Å². The molecule has 0 aliphatic rings. The summed E-state index contributed by atoms with van der Waals surface area (Å²) in [5, 5.41) is 7.12. The molecule has 0 radical (unpaired) electrons. The van der Waals surface area contributed by atoms with Gasteiger partial charge >= 0.3 is 12.1 Å². The van der Waals surface area contributed by atoms with Gasteiger partial charge < -0.3 is 19.6 Å². The molecule has 10 heteroatoms. The third kappa shape index (κ3) is 7.37. The Hall–Kier alpha value is -4.86. The molecular weight excluding hydrogens is 523 g/mol. The molecule has 0 aliphatic heterocycles. The van der Waals surface area contributed by atoms with Crippen LogP contribution in [0.5, 0.6) is 11.5 Å². The van der Waals surface area contributed by atoms with Gasteiger partial charge in [-0.15, -0.1) is 0 Å². The highest BCUT2D eigenvalue weighted by molar-refractivity contribution is 5.82. The van der Waals surface area contributed by atoms with Crippen molar-refractivity contribution in [3.05, 3.63) is 96.7 Å². The molecule has 0 spiro atoms. The number of nitrogens with one attached hydrogen (secondary N) is 1. The number of fused-ring (bicyclic) bond motifs is 1. The average molecular weight is 550 g/mol. The molecule has 0 saturated carbocycles. The molecule has 0 atom stereocenters. The van der Waals surface area contributed by atoms with Gasteiger partial charge in [0, 0.05) is 17.8 Å². The highest BCUT2D eigenvalue weighted by Gasteiger charge is 2.38. The van der Waals surface area contributed by atoms with E-state index in [0.717, 1.165) is 39.3 Å². The molecule has 5 rings (SSSR count). The largest absolute Gasteiger partial charge is 0.490 e. The van der Waals surface area contributed by atoms with Gasteiger partial charge in [-0.25, -0.2) is 14.8 Å². The van der Waals surface area contributed by atoms with Gasteiger partial charge in [-0.3, -0.25) is 0 Å². The molecule has 3 aromatic carbocycles. The summed E-state index contributed by atoms with van der Waals surface area (Å²) in [5.41, 5.74) is 5.70. The molecule has 2 heterocycles. The number of nitrogens with zero attached hydrogens (tertiary/aromatic N) is 2. The quantitative estimate of drug-likeness (QED) is 0.221. The molecule has 0 unspecified atom stereocenters. The van der Waals surface area contributed by atoms with E-state index in [4.69, 9.17) is 24.4 Å². The Labute approximate surface area is 228 Å². The van der Waals surface area contributed by atoms with Crippen LogP contribution in [0.4, 0.5) is 13.2 Å². The molecule has 0 amide bonds. The van der Waals surface area contributed by atoms with Crippen LogP contribution in [-0.4, -0.2) is 38.3 Å². The Morgan fingerprint density at radius 3 is 2.23 bits per heavy atom. The van der Waals surface area contributed by atoms with Crippen LogP contribution in [0.3, 0.4) is 0 Å². The van der Waals surface area contributed by atoms with Gasteiger partial charge in [0.15, 0.2) is 5.65 Å². The molecule has 0 aliphatic carbocycles. The van der Waals surface area contributed by atoms with Crippen molar-refractivity contribution in [2.45, 2.75) is 32.7 Å². The highest BCUT2D eigenvalue weighted by Crippen LogP contribution is 2.34. The first-order valence-corrected chi connectivity index (χ1v) is 12.3. The van der Waals surface area contributed by atoms with Crippen molar-refractivity contribution >= 4 is 17.1 Å². The van der Waals surface area contributed by atoms with Crippen LogP contribution in [0.2, 0.25) is 0 Å². The smallest absolute Gasteiger partial charge is 0.490 e. The van der Waals surface area contributed by atoms with Crippen molar-refractivity contribution in [1.82, 2.24) is 15.0 Å². The number of carboxylic acids is 1. The van der Waals surface area contributed by atoms with E-state index in [1.54, 1.807) is 0 Å². The summed E-state index contributed by atoms with van der Waals surface area (Å²) in [7, 11) is 0. The number of H-pyrrole nitrogens is 1. The summed E-state index contributed by atoms with van der Waals surface area (Å²) in [5.74, 6) is -0.572. The summed E-state index contributed by atoms with van der Waals surface area (Å²) in [6, 6.07) is 28.2. The lowest BCUT2D eigenvalue weighted by molar-refractivity contribution is -0.192. The number of halogens is 3. The van der Waals surface area contributed by atoms with Crippen molar-refractivity contribution in [2.75, 3.05) is 0 Å². The Bertz CT molecular complexity index is 1570. The molecule has 0 bridgehead atoms. The van der Waals surface area contributed by atoms with Crippen molar-refractivity contribution in [2.24, 2.45) is 0 Å². The number of carbonyl (C=O) groups is 1. The first-order chi connectivity index (χ1) is 19.1. The lowest BCUT2D eigenvalue weighted by atomic mass is 10.1. The summed E-state index contributed by atoms with van der Waals surface area (Å²) in [4.78, 5) is 21.6. The van der Waals surface area contributed by atoms with Gasteiger partial charge in [0.1, 0.15) is 23.9 Å². The summed E-state index contributed by atoms with van der Waals surface area (Å²) in [6.45, 7) is 4.51. The number of alkyl halides is 3. The van der Waals surface area contributed by atoms with Crippen LogP contribution in [0.15, 0.2) is 91.1 Å². The van der Waals surface area contributed by atoms with Crippen molar-refractivity contribution < 1.29 is 32.5 Å². The Balaban J connectivity index is 0.000000470. The molecule has 2 N–H and O–H groups in total. The third-order valence-electron chi connectivity index (χ3n) is 5.51. The first-order valence-electron chi connectivity index (χ1n) is 12.3. The Morgan fingerprint density at radius 1 is 0.950 bits per heavy atom. The predicted octanol–water partition coefficient (Wildman–Crippen LogP) is 7.29. The van der Waals surface area contributed by atoms with E-state index >= 15 is 0 Å². The number of hydrogen-bond acceptors (Lipinski definition) is 5. The van der Waals surface area contributed by atoms with E-state index in [2.05, 4.69) is 28.2 Å². The molecular formula is C30H26F3N3O4. The molecule has 40 heavy (non-hydrogen) atoms. The van der Waals surface area contributed by atoms with Crippen LogP contribution in [0, 0.1) is 0 Å². The molecule has 2 aromatic heterocycles. The molecule has 5 aromatic rings. The number of hydrogen-bond donors (Lipinski definition) is 2. The highest BCUT2D eigenvalue weighted by atomic mass is 19.4. The van der Waals surface area contributed by atoms with E-state index in [-0.39, 0.29) is 6.10 Å². The number of aliphatic carboxylic acids is 1. The monoisotopic (exact) mass is 549 g/mol. The SMILES string of the molecule is CC(C)Oc1cc(OCc2ccccc2)ccc1-c1nc2ncc(-c3ccccc3)cc2[nH]1.O=C(O)C(F)(F)F. The number of ether oxygens (including phenoxy) is 2. The van der Waals surface area contributed by atoms with Crippen LogP contribution >= 0.6 is 0 Å². The van der Waals surface area contributed by atoms with Crippen LogP contribution < -0.4 is 9.47 Å². The van der Waals surface area contributed by atoms with Gasteiger partial charge in [-0.2, -0.15) is 13.2 Å². The maximum absolute atomic E-state index is 10.6. The number of rotatable bonds is 7. The first kappa shape index (κ1) is 28.2.